The first kappa shape index (κ1) is 15.9. The van der Waals surface area contributed by atoms with E-state index in [4.69, 9.17) is 4.74 Å². The lowest BCUT2D eigenvalue weighted by Gasteiger charge is -2.36. The van der Waals surface area contributed by atoms with Crippen molar-refractivity contribution in [3.8, 4) is 0 Å². The molecule has 1 aliphatic rings. The predicted octanol–water partition coefficient (Wildman–Crippen LogP) is 2.51. The Hall–Kier alpha value is -0.120. The lowest BCUT2D eigenvalue weighted by molar-refractivity contribution is 0.0930. The fourth-order valence-electron chi connectivity index (χ4n) is 3.26. The molecule has 108 valence electrons. The summed E-state index contributed by atoms with van der Waals surface area (Å²) in [6, 6.07) is 0. The van der Waals surface area contributed by atoms with Crippen molar-refractivity contribution in [2.24, 2.45) is 5.41 Å². The molecular weight excluding hydrogens is 224 g/mol. The van der Waals surface area contributed by atoms with E-state index in [1.165, 1.54) is 45.1 Å². The summed E-state index contributed by atoms with van der Waals surface area (Å²) in [5.41, 5.74) is 0.492. The molecule has 1 aliphatic carbocycles. The monoisotopic (exact) mass is 256 g/mol. The average molecular weight is 256 g/mol. The van der Waals surface area contributed by atoms with Crippen molar-refractivity contribution in [3.63, 3.8) is 0 Å². The van der Waals surface area contributed by atoms with Gasteiger partial charge in [-0.2, -0.15) is 0 Å². The van der Waals surface area contributed by atoms with Crippen molar-refractivity contribution in [2.45, 2.75) is 45.4 Å². The molecule has 0 atom stereocenters. The maximum atomic E-state index is 5.45. The summed E-state index contributed by atoms with van der Waals surface area (Å²) in [5, 5.41) is 3.42. The standard InChI is InChI=1S/C15H32N2O/c1-4-18-12-11-17(3)14-15(13-16-2)9-7-5-6-8-10-15/h16H,4-14H2,1-3H3. The Balaban J connectivity index is 2.44. The quantitative estimate of drug-likeness (QED) is 0.533. The molecule has 0 aromatic carbocycles. The van der Waals surface area contributed by atoms with E-state index < -0.39 is 0 Å². The number of ether oxygens (including phenoxy) is 1. The number of nitrogens with zero attached hydrogens (tertiary/aromatic N) is 1. The van der Waals surface area contributed by atoms with E-state index in [2.05, 4.69) is 31.2 Å². The maximum Gasteiger partial charge on any atom is 0.0593 e. The van der Waals surface area contributed by atoms with Gasteiger partial charge in [0.1, 0.15) is 0 Å². The molecule has 3 nitrogen and oxygen atoms in total. The Bertz CT molecular complexity index is 201. The SMILES string of the molecule is CCOCCN(C)CC1(CNC)CCCCCC1. The zero-order valence-corrected chi connectivity index (χ0v) is 12.6. The van der Waals surface area contributed by atoms with Crippen LogP contribution >= 0.6 is 0 Å². The predicted molar refractivity (Wildman–Crippen MR) is 78.1 cm³/mol. The summed E-state index contributed by atoms with van der Waals surface area (Å²) in [6.07, 6.45) is 8.42. The third-order valence-electron chi connectivity index (χ3n) is 4.14. The van der Waals surface area contributed by atoms with Crippen molar-refractivity contribution in [2.75, 3.05) is 46.9 Å². The zero-order valence-electron chi connectivity index (χ0n) is 12.6. The summed E-state index contributed by atoms with van der Waals surface area (Å²) >= 11 is 0. The van der Waals surface area contributed by atoms with Gasteiger partial charge < -0.3 is 15.0 Å². The van der Waals surface area contributed by atoms with Crippen LogP contribution in [-0.2, 0) is 4.74 Å². The highest BCUT2D eigenvalue weighted by Gasteiger charge is 2.31. The second-order valence-corrected chi connectivity index (χ2v) is 5.88. The summed E-state index contributed by atoms with van der Waals surface area (Å²) in [6.45, 7) is 7.18. The highest BCUT2D eigenvalue weighted by molar-refractivity contribution is 4.86. The van der Waals surface area contributed by atoms with Crippen LogP contribution in [0, 0.1) is 5.41 Å². The maximum absolute atomic E-state index is 5.45. The van der Waals surface area contributed by atoms with Crippen molar-refractivity contribution in [1.82, 2.24) is 10.2 Å². The molecule has 1 saturated carbocycles. The highest BCUT2D eigenvalue weighted by Crippen LogP contribution is 2.35. The van der Waals surface area contributed by atoms with Gasteiger partial charge in [-0.15, -0.1) is 0 Å². The second kappa shape index (κ2) is 8.89. The first-order valence-electron chi connectivity index (χ1n) is 7.63. The van der Waals surface area contributed by atoms with Crippen LogP contribution in [0.25, 0.3) is 0 Å². The molecule has 1 fully saturated rings. The van der Waals surface area contributed by atoms with Gasteiger partial charge in [-0.25, -0.2) is 0 Å². The number of hydrogen-bond donors (Lipinski definition) is 1. The van der Waals surface area contributed by atoms with Crippen LogP contribution in [0.2, 0.25) is 0 Å². The largest absolute Gasteiger partial charge is 0.380 e. The van der Waals surface area contributed by atoms with Crippen molar-refractivity contribution in [3.05, 3.63) is 0 Å². The molecule has 0 radical (unpaired) electrons. The van der Waals surface area contributed by atoms with Gasteiger partial charge in [0.25, 0.3) is 0 Å². The molecular formula is C15H32N2O. The summed E-state index contributed by atoms with van der Waals surface area (Å²) in [4.78, 5) is 2.46. The molecule has 0 aliphatic heterocycles. The lowest BCUT2D eigenvalue weighted by atomic mass is 9.79. The fraction of sp³-hybridized carbons (Fsp3) is 1.00. The van der Waals surface area contributed by atoms with E-state index >= 15 is 0 Å². The third-order valence-corrected chi connectivity index (χ3v) is 4.14. The Morgan fingerprint density at radius 2 is 1.83 bits per heavy atom. The minimum absolute atomic E-state index is 0.492. The topological polar surface area (TPSA) is 24.5 Å². The molecule has 0 aromatic rings. The zero-order chi connectivity index (χ0) is 13.3. The van der Waals surface area contributed by atoms with Gasteiger partial charge in [-0.3, -0.25) is 0 Å². The van der Waals surface area contributed by atoms with Crippen LogP contribution in [-0.4, -0.2) is 51.8 Å². The molecule has 3 heteroatoms. The van der Waals surface area contributed by atoms with Gasteiger partial charge in [-0.1, -0.05) is 25.7 Å². The van der Waals surface area contributed by atoms with E-state index in [0.717, 1.165) is 26.3 Å². The van der Waals surface area contributed by atoms with Crippen molar-refractivity contribution in [1.29, 1.82) is 0 Å². The van der Waals surface area contributed by atoms with E-state index in [1.807, 2.05) is 0 Å². The Labute approximate surface area is 113 Å². The normalized spacial score (nSPS) is 20.0. The summed E-state index contributed by atoms with van der Waals surface area (Å²) in [7, 11) is 4.33. The second-order valence-electron chi connectivity index (χ2n) is 5.88. The first-order chi connectivity index (χ1) is 8.72. The molecule has 0 bridgehead atoms. The molecule has 1 N–H and O–H groups in total. The van der Waals surface area contributed by atoms with Crippen molar-refractivity contribution < 1.29 is 4.74 Å². The van der Waals surface area contributed by atoms with Gasteiger partial charge in [0.05, 0.1) is 6.61 Å². The Morgan fingerprint density at radius 1 is 1.17 bits per heavy atom. The molecule has 0 spiro atoms. The van der Waals surface area contributed by atoms with Gasteiger partial charge in [0, 0.05) is 26.2 Å². The molecule has 18 heavy (non-hydrogen) atoms. The van der Waals surface area contributed by atoms with Crippen molar-refractivity contribution >= 4 is 0 Å². The van der Waals surface area contributed by atoms with Gasteiger partial charge in [-0.05, 0) is 39.3 Å². The average Bonchev–Trinajstić information content (AvgIpc) is 2.56. The summed E-state index contributed by atoms with van der Waals surface area (Å²) < 4.78 is 5.45. The fourth-order valence-corrected chi connectivity index (χ4v) is 3.26. The lowest BCUT2D eigenvalue weighted by Crippen LogP contribution is -2.42. The first-order valence-corrected chi connectivity index (χ1v) is 7.63. The number of likely N-dealkylation sites (N-methyl/N-ethyl adjacent to an activating group) is 1. The number of hydrogen-bond acceptors (Lipinski definition) is 3. The van der Waals surface area contributed by atoms with E-state index in [-0.39, 0.29) is 0 Å². The van der Waals surface area contributed by atoms with Gasteiger partial charge in [0.15, 0.2) is 0 Å². The van der Waals surface area contributed by atoms with E-state index in [9.17, 15) is 0 Å². The molecule has 0 unspecified atom stereocenters. The van der Waals surface area contributed by atoms with Crippen LogP contribution in [0.3, 0.4) is 0 Å². The highest BCUT2D eigenvalue weighted by atomic mass is 16.5. The molecule has 0 saturated heterocycles. The van der Waals surface area contributed by atoms with Gasteiger partial charge in [0.2, 0.25) is 0 Å². The van der Waals surface area contributed by atoms with Crippen LogP contribution in [0.1, 0.15) is 45.4 Å². The Kier molecular flexibility index (Phi) is 7.87. The van der Waals surface area contributed by atoms with E-state index in [0.29, 0.717) is 5.41 Å². The third kappa shape index (κ3) is 5.68. The molecule has 0 aromatic heterocycles. The van der Waals surface area contributed by atoms with Crippen LogP contribution in [0.4, 0.5) is 0 Å². The van der Waals surface area contributed by atoms with Crippen LogP contribution < -0.4 is 5.32 Å². The minimum atomic E-state index is 0.492. The minimum Gasteiger partial charge on any atom is -0.380 e. The molecule has 1 rings (SSSR count). The molecule has 0 amide bonds. The van der Waals surface area contributed by atoms with Gasteiger partial charge >= 0.3 is 0 Å². The van der Waals surface area contributed by atoms with Crippen LogP contribution in [0.5, 0.6) is 0 Å². The summed E-state index contributed by atoms with van der Waals surface area (Å²) in [5.74, 6) is 0. The van der Waals surface area contributed by atoms with E-state index in [1.54, 1.807) is 0 Å². The number of rotatable bonds is 8. The molecule has 0 heterocycles. The smallest absolute Gasteiger partial charge is 0.0593 e. The Morgan fingerprint density at radius 3 is 2.39 bits per heavy atom. The number of nitrogens with one attached hydrogen (secondary N) is 1. The van der Waals surface area contributed by atoms with Crippen LogP contribution in [0.15, 0.2) is 0 Å².